The van der Waals surface area contributed by atoms with Crippen molar-refractivity contribution in [2.75, 3.05) is 23.3 Å². The van der Waals surface area contributed by atoms with Gasteiger partial charge in [0, 0.05) is 18.8 Å². The minimum Gasteiger partial charge on any atom is -0.370 e. The van der Waals surface area contributed by atoms with Crippen molar-refractivity contribution < 1.29 is 4.79 Å². The SMILES string of the molecule is O=C(Nc1ccc(Cl)c(Cl)c1)c1ccc(N2CCCCC2)cn1. The van der Waals surface area contributed by atoms with Gasteiger partial charge in [-0.05, 0) is 49.6 Å². The normalized spacial score (nSPS) is 14.6. The van der Waals surface area contributed by atoms with Crippen LogP contribution in [0.1, 0.15) is 29.8 Å². The molecule has 4 nitrogen and oxygen atoms in total. The molecule has 3 rings (SSSR count). The van der Waals surface area contributed by atoms with E-state index in [4.69, 9.17) is 23.2 Å². The van der Waals surface area contributed by atoms with E-state index in [1.165, 1.54) is 19.3 Å². The maximum atomic E-state index is 12.2. The molecule has 1 aliphatic rings. The number of hydrogen-bond donors (Lipinski definition) is 1. The fraction of sp³-hybridized carbons (Fsp3) is 0.294. The summed E-state index contributed by atoms with van der Waals surface area (Å²) in [4.78, 5) is 18.8. The molecule has 0 aliphatic carbocycles. The van der Waals surface area contributed by atoms with E-state index in [-0.39, 0.29) is 5.91 Å². The Kier molecular flexibility index (Phi) is 5.03. The van der Waals surface area contributed by atoms with Crippen molar-refractivity contribution in [3.8, 4) is 0 Å². The Bertz CT molecular complexity index is 697. The van der Waals surface area contributed by atoms with Crippen molar-refractivity contribution in [2.24, 2.45) is 0 Å². The number of rotatable bonds is 3. The summed E-state index contributed by atoms with van der Waals surface area (Å²) in [7, 11) is 0. The average molecular weight is 350 g/mol. The Morgan fingerprint density at radius 3 is 2.48 bits per heavy atom. The Balaban J connectivity index is 1.68. The number of halogens is 2. The second kappa shape index (κ2) is 7.20. The predicted octanol–water partition coefficient (Wildman–Crippen LogP) is 4.63. The molecule has 1 N–H and O–H groups in total. The van der Waals surface area contributed by atoms with E-state index in [1.54, 1.807) is 30.5 Å². The highest BCUT2D eigenvalue weighted by Gasteiger charge is 2.13. The van der Waals surface area contributed by atoms with Crippen molar-refractivity contribution in [1.29, 1.82) is 0 Å². The minimum absolute atomic E-state index is 0.270. The lowest BCUT2D eigenvalue weighted by atomic mass is 10.1. The van der Waals surface area contributed by atoms with Gasteiger partial charge in [0.05, 0.1) is 21.9 Å². The molecule has 1 aromatic heterocycles. The highest BCUT2D eigenvalue weighted by molar-refractivity contribution is 6.42. The third-order valence-electron chi connectivity index (χ3n) is 3.88. The van der Waals surface area contributed by atoms with E-state index in [9.17, 15) is 4.79 Å². The van der Waals surface area contributed by atoms with Gasteiger partial charge in [-0.25, -0.2) is 4.98 Å². The Labute approximate surface area is 145 Å². The molecule has 0 unspecified atom stereocenters. The van der Waals surface area contributed by atoms with Gasteiger partial charge in [-0.3, -0.25) is 4.79 Å². The highest BCUT2D eigenvalue weighted by atomic mass is 35.5. The first-order valence-electron chi connectivity index (χ1n) is 7.61. The predicted molar refractivity (Wildman–Crippen MR) is 94.7 cm³/mol. The average Bonchev–Trinajstić information content (AvgIpc) is 2.59. The molecule has 2 aromatic rings. The van der Waals surface area contributed by atoms with Gasteiger partial charge in [0.1, 0.15) is 5.69 Å². The number of carbonyl (C=O) groups is 1. The highest BCUT2D eigenvalue weighted by Crippen LogP contribution is 2.25. The van der Waals surface area contributed by atoms with Crippen LogP contribution in [-0.2, 0) is 0 Å². The fourth-order valence-electron chi connectivity index (χ4n) is 2.63. The van der Waals surface area contributed by atoms with Gasteiger partial charge >= 0.3 is 0 Å². The van der Waals surface area contributed by atoms with Crippen LogP contribution in [0.4, 0.5) is 11.4 Å². The smallest absolute Gasteiger partial charge is 0.274 e. The first-order valence-corrected chi connectivity index (χ1v) is 8.36. The van der Waals surface area contributed by atoms with E-state index in [2.05, 4.69) is 15.2 Å². The monoisotopic (exact) mass is 349 g/mol. The molecule has 1 saturated heterocycles. The fourth-order valence-corrected chi connectivity index (χ4v) is 2.93. The number of aromatic nitrogens is 1. The second-order valence-corrected chi connectivity index (χ2v) is 6.35. The lowest BCUT2D eigenvalue weighted by Gasteiger charge is -2.28. The van der Waals surface area contributed by atoms with Gasteiger partial charge in [-0.15, -0.1) is 0 Å². The van der Waals surface area contributed by atoms with Crippen LogP contribution < -0.4 is 10.2 Å². The molecule has 0 radical (unpaired) electrons. The van der Waals surface area contributed by atoms with Crippen LogP contribution in [0.25, 0.3) is 0 Å². The summed E-state index contributed by atoms with van der Waals surface area (Å²) >= 11 is 11.8. The summed E-state index contributed by atoms with van der Waals surface area (Å²) in [6.45, 7) is 2.10. The van der Waals surface area contributed by atoms with Crippen molar-refractivity contribution in [2.45, 2.75) is 19.3 Å². The molecule has 6 heteroatoms. The van der Waals surface area contributed by atoms with Gasteiger partial charge in [0.25, 0.3) is 5.91 Å². The van der Waals surface area contributed by atoms with Crippen LogP contribution in [0.2, 0.25) is 10.0 Å². The van der Waals surface area contributed by atoms with Gasteiger partial charge in [0.15, 0.2) is 0 Å². The number of amides is 1. The van der Waals surface area contributed by atoms with Gasteiger partial charge in [-0.1, -0.05) is 23.2 Å². The Hall–Kier alpha value is -1.78. The molecule has 2 heterocycles. The molecule has 0 saturated carbocycles. The van der Waals surface area contributed by atoms with Crippen molar-refractivity contribution >= 4 is 40.5 Å². The molecule has 0 atom stereocenters. The standard InChI is InChI=1S/C17H17Cl2N3O/c18-14-6-4-12(10-15(14)19)21-17(23)16-7-5-13(11-20-16)22-8-2-1-3-9-22/h4-7,10-11H,1-3,8-9H2,(H,21,23). The lowest BCUT2D eigenvalue weighted by molar-refractivity contribution is 0.102. The first kappa shape index (κ1) is 16.1. The van der Waals surface area contributed by atoms with Crippen LogP contribution >= 0.6 is 23.2 Å². The summed E-state index contributed by atoms with van der Waals surface area (Å²) in [5, 5.41) is 3.62. The quantitative estimate of drug-likeness (QED) is 0.878. The lowest BCUT2D eigenvalue weighted by Crippen LogP contribution is -2.29. The second-order valence-electron chi connectivity index (χ2n) is 5.53. The van der Waals surface area contributed by atoms with E-state index < -0.39 is 0 Å². The van der Waals surface area contributed by atoms with Gasteiger partial charge in [-0.2, -0.15) is 0 Å². The number of pyridine rings is 1. The zero-order valence-corrected chi connectivity index (χ0v) is 14.1. The zero-order valence-electron chi connectivity index (χ0n) is 12.6. The van der Waals surface area contributed by atoms with Gasteiger partial charge in [0.2, 0.25) is 0 Å². The number of hydrogen-bond acceptors (Lipinski definition) is 3. The van der Waals surface area contributed by atoms with Crippen molar-refractivity contribution in [3.63, 3.8) is 0 Å². The first-order chi connectivity index (χ1) is 11.1. The maximum absolute atomic E-state index is 12.2. The molecule has 1 aromatic carbocycles. The van der Waals surface area contributed by atoms with Crippen LogP contribution in [0.5, 0.6) is 0 Å². The largest absolute Gasteiger partial charge is 0.370 e. The number of piperidine rings is 1. The van der Waals surface area contributed by atoms with E-state index in [0.717, 1.165) is 18.8 Å². The van der Waals surface area contributed by atoms with Crippen LogP contribution in [0, 0.1) is 0 Å². The van der Waals surface area contributed by atoms with Crippen LogP contribution in [-0.4, -0.2) is 24.0 Å². The van der Waals surface area contributed by atoms with Gasteiger partial charge < -0.3 is 10.2 Å². The zero-order chi connectivity index (χ0) is 16.2. The van der Waals surface area contributed by atoms with E-state index in [0.29, 0.717) is 21.4 Å². The summed E-state index contributed by atoms with van der Waals surface area (Å²) < 4.78 is 0. The molecule has 1 amide bonds. The summed E-state index contributed by atoms with van der Waals surface area (Å²) in [6, 6.07) is 8.66. The molecule has 0 bridgehead atoms. The van der Waals surface area contributed by atoms with Crippen molar-refractivity contribution in [1.82, 2.24) is 4.98 Å². The van der Waals surface area contributed by atoms with Crippen LogP contribution in [0.15, 0.2) is 36.5 Å². The number of anilines is 2. The summed E-state index contributed by atoms with van der Waals surface area (Å²) in [5.74, 6) is -0.270. The van der Waals surface area contributed by atoms with E-state index >= 15 is 0 Å². The number of nitrogens with one attached hydrogen (secondary N) is 1. The topological polar surface area (TPSA) is 45.2 Å². The Morgan fingerprint density at radius 1 is 1.04 bits per heavy atom. The molecular formula is C17H17Cl2N3O. The molecule has 0 spiro atoms. The molecule has 120 valence electrons. The molecule has 23 heavy (non-hydrogen) atoms. The molecule has 1 fully saturated rings. The number of carbonyl (C=O) groups excluding carboxylic acids is 1. The summed E-state index contributed by atoms with van der Waals surface area (Å²) in [5.41, 5.74) is 2.03. The molecular weight excluding hydrogens is 333 g/mol. The van der Waals surface area contributed by atoms with Crippen LogP contribution in [0.3, 0.4) is 0 Å². The number of benzene rings is 1. The minimum atomic E-state index is -0.270. The Morgan fingerprint density at radius 2 is 1.83 bits per heavy atom. The summed E-state index contributed by atoms with van der Waals surface area (Å²) in [6.07, 6.45) is 5.46. The van der Waals surface area contributed by atoms with Crippen molar-refractivity contribution in [3.05, 3.63) is 52.3 Å². The maximum Gasteiger partial charge on any atom is 0.274 e. The van der Waals surface area contributed by atoms with E-state index in [1.807, 2.05) is 6.07 Å². The number of nitrogens with zero attached hydrogens (tertiary/aromatic N) is 2. The molecule has 1 aliphatic heterocycles. The third-order valence-corrected chi connectivity index (χ3v) is 4.62. The third kappa shape index (κ3) is 3.95.